The first-order valence-electron chi connectivity index (χ1n) is 15.2. The van der Waals surface area contributed by atoms with Gasteiger partial charge in [0, 0.05) is 43.2 Å². The number of carbonyl (C=O) groups excluding carboxylic acids is 3. The van der Waals surface area contributed by atoms with Crippen LogP contribution in [0.3, 0.4) is 0 Å². The highest BCUT2D eigenvalue weighted by Crippen LogP contribution is 2.38. The van der Waals surface area contributed by atoms with Crippen molar-refractivity contribution in [3.05, 3.63) is 89.9 Å². The Morgan fingerprint density at radius 3 is 2.16 bits per heavy atom. The fraction of sp³-hybridized carbons (Fsp3) is 0.353. The second-order valence-corrected chi connectivity index (χ2v) is 10.9. The molecule has 1 fully saturated rings. The average Bonchev–Trinajstić information content (AvgIpc) is 3.61. The average molecular weight is 597 g/mol. The molecule has 1 aromatic heterocycles. The number of hydrogen-bond acceptors (Lipinski definition) is 7. The summed E-state index contributed by atoms with van der Waals surface area (Å²) in [6.45, 7) is 6.59. The monoisotopic (exact) mass is 596 g/mol. The van der Waals surface area contributed by atoms with Gasteiger partial charge in [-0.05, 0) is 81.3 Å². The number of allylic oxidation sites excluding steroid dienone is 2. The number of rotatable bonds is 8. The van der Waals surface area contributed by atoms with Crippen molar-refractivity contribution in [2.24, 2.45) is 16.9 Å². The molecule has 228 valence electrons. The van der Waals surface area contributed by atoms with Crippen LogP contribution in [0.15, 0.2) is 82.5 Å². The summed E-state index contributed by atoms with van der Waals surface area (Å²) < 4.78 is 16.9. The summed E-state index contributed by atoms with van der Waals surface area (Å²) in [5, 5.41) is 6.38. The molecule has 0 spiro atoms. The number of ether oxygens (including phenoxy) is 2. The zero-order valence-electron chi connectivity index (χ0n) is 25.0. The van der Waals surface area contributed by atoms with Crippen molar-refractivity contribution in [2.45, 2.75) is 26.7 Å². The minimum Gasteiger partial charge on any atom is -0.490 e. The Balaban J connectivity index is 1.21. The third kappa shape index (κ3) is 5.71. The second kappa shape index (κ2) is 12.8. The Labute approximate surface area is 256 Å². The summed E-state index contributed by atoms with van der Waals surface area (Å²) in [6.07, 6.45) is 7.02. The van der Waals surface area contributed by atoms with Crippen molar-refractivity contribution in [3.63, 3.8) is 0 Å². The number of fused-ring (bicyclic) bond motifs is 1. The number of piperazine rings is 1. The fourth-order valence-corrected chi connectivity index (χ4v) is 6.04. The first-order chi connectivity index (χ1) is 21.5. The molecule has 44 heavy (non-hydrogen) atoms. The van der Waals surface area contributed by atoms with Crippen LogP contribution in [0.25, 0.3) is 0 Å². The van der Waals surface area contributed by atoms with Gasteiger partial charge in [-0.2, -0.15) is 5.10 Å². The van der Waals surface area contributed by atoms with Gasteiger partial charge in [0.25, 0.3) is 17.7 Å². The lowest BCUT2D eigenvalue weighted by molar-refractivity contribution is -0.123. The van der Waals surface area contributed by atoms with Crippen LogP contribution < -0.4 is 14.5 Å². The maximum Gasteiger partial charge on any atom is 0.289 e. The molecule has 0 bridgehead atoms. The van der Waals surface area contributed by atoms with Crippen molar-refractivity contribution >= 4 is 29.1 Å². The number of hydrogen-bond donors (Lipinski definition) is 0. The van der Waals surface area contributed by atoms with Gasteiger partial charge < -0.3 is 23.7 Å². The molecule has 0 saturated carbocycles. The molecule has 10 nitrogen and oxygen atoms in total. The van der Waals surface area contributed by atoms with Gasteiger partial charge in [-0.15, -0.1) is 0 Å². The zero-order chi connectivity index (χ0) is 30.6. The Hall–Kier alpha value is -4.86. The van der Waals surface area contributed by atoms with Crippen molar-refractivity contribution < 1.29 is 28.3 Å². The van der Waals surface area contributed by atoms with Gasteiger partial charge in [0.1, 0.15) is 0 Å². The molecule has 3 heterocycles. The van der Waals surface area contributed by atoms with Crippen LogP contribution in [0, 0.1) is 11.8 Å². The topological polar surface area (TPSA) is 105 Å². The van der Waals surface area contributed by atoms with Gasteiger partial charge >= 0.3 is 0 Å². The minimum atomic E-state index is -0.240. The van der Waals surface area contributed by atoms with Crippen LogP contribution in [0.1, 0.15) is 53.2 Å². The van der Waals surface area contributed by atoms with Gasteiger partial charge in [-0.25, -0.2) is 5.01 Å². The first kappa shape index (κ1) is 29.2. The smallest absolute Gasteiger partial charge is 0.289 e. The molecule has 3 aliphatic rings. The molecule has 2 aromatic carbocycles. The lowest BCUT2D eigenvalue weighted by Gasteiger charge is -2.37. The maximum absolute atomic E-state index is 13.7. The third-order valence-corrected chi connectivity index (χ3v) is 8.30. The van der Waals surface area contributed by atoms with E-state index < -0.39 is 0 Å². The van der Waals surface area contributed by atoms with Gasteiger partial charge in [0.15, 0.2) is 17.3 Å². The largest absolute Gasteiger partial charge is 0.490 e. The molecule has 10 heteroatoms. The molecule has 3 amide bonds. The highest BCUT2D eigenvalue weighted by molar-refractivity contribution is 6.11. The molecule has 6 rings (SSSR count). The second-order valence-electron chi connectivity index (χ2n) is 10.9. The molecule has 2 atom stereocenters. The van der Waals surface area contributed by atoms with Gasteiger partial charge in [0.2, 0.25) is 0 Å². The highest BCUT2D eigenvalue weighted by Gasteiger charge is 2.41. The van der Waals surface area contributed by atoms with E-state index in [0.717, 1.165) is 17.7 Å². The number of carbonyl (C=O) groups is 3. The minimum absolute atomic E-state index is 0.0460. The SMILES string of the molecule is CCOc1ccc(C2=NN(c3ccc(C(=O)N4CCN(C(=O)c5ccco5)CC4)cc3)C(=O)[C@@H]3CC=CC[C@H]23)cc1OCC. The molecule has 0 unspecified atom stereocenters. The Bertz CT molecular complexity index is 1570. The molecular formula is C34H36N4O6. The summed E-state index contributed by atoms with van der Waals surface area (Å²) in [5.41, 5.74) is 2.82. The van der Waals surface area contributed by atoms with E-state index in [-0.39, 0.29) is 29.6 Å². The van der Waals surface area contributed by atoms with E-state index >= 15 is 0 Å². The van der Waals surface area contributed by atoms with Crippen molar-refractivity contribution in [1.82, 2.24) is 9.80 Å². The van der Waals surface area contributed by atoms with Crippen molar-refractivity contribution in [2.75, 3.05) is 44.4 Å². The Morgan fingerprint density at radius 2 is 1.50 bits per heavy atom. The molecule has 3 aromatic rings. The molecule has 1 aliphatic carbocycles. The van der Waals surface area contributed by atoms with Crippen LogP contribution in [-0.4, -0.2) is 72.6 Å². The van der Waals surface area contributed by atoms with Crippen LogP contribution >= 0.6 is 0 Å². The molecule has 2 aliphatic heterocycles. The van der Waals surface area contributed by atoms with E-state index in [1.807, 2.05) is 32.0 Å². The van der Waals surface area contributed by atoms with E-state index in [2.05, 4.69) is 12.2 Å². The normalized spacial score (nSPS) is 19.8. The molecule has 0 radical (unpaired) electrons. The van der Waals surface area contributed by atoms with Crippen LogP contribution in [0.4, 0.5) is 5.69 Å². The van der Waals surface area contributed by atoms with Gasteiger partial charge in [0.05, 0.1) is 36.8 Å². The zero-order valence-corrected chi connectivity index (χ0v) is 25.0. The van der Waals surface area contributed by atoms with E-state index in [1.54, 1.807) is 46.2 Å². The first-order valence-corrected chi connectivity index (χ1v) is 15.2. The van der Waals surface area contributed by atoms with Crippen LogP contribution in [0.5, 0.6) is 11.5 Å². The maximum atomic E-state index is 13.7. The van der Waals surface area contributed by atoms with E-state index in [1.165, 1.54) is 11.3 Å². The van der Waals surface area contributed by atoms with Crippen LogP contribution in [0.2, 0.25) is 0 Å². The van der Waals surface area contributed by atoms with E-state index in [9.17, 15) is 14.4 Å². The van der Waals surface area contributed by atoms with Gasteiger partial charge in [-0.3, -0.25) is 14.4 Å². The number of nitrogens with zero attached hydrogens (tertiary/aromatic N) is 4. The summed E-state index contributed by atoms with van der Waals surface area (Å²) in [7, 11) is 0. The number of hydrazone groups is 1. The standard InChI is InChI=1S/C34H36N4O6/c1-3-42-28-16-13-24(22-30(28)43-4-2)31-26-8-5-6-9-27(26)33(40)38(35-31)25-14-11-23(12-15-25)32(39)36-17-19-37(20-18-36)34(41)29-10-7-21-44-29/h5-7,10-16,21-22,26-27H,3-4,8-9,17-20H2,1-2H3/t26-,27+/m0/s1. The van der Waals surface area contributed by atoms with Crippen molar-refractivity contribution in [3.8, 4) is 11.5 Å². The van der Waals surface area contributed by atoms with Crippen molar-refractivity contribution in [1.29, 1.82) is 0 Å². The third-order valence-electron chi connectivity index (χ3n) is 8.30. The summed E-state index contributed by atoms with van der Waals surface area (Å²) in [4.78, 5) is 43.0. The summed E-state index contributed by atoms with van der Waals surface area (Å²) in [6, 6.07) is 16.1. The Kier molecular flexibility index (Phi) is 8.49. The summed E-state index contributed by atoms with van der Waals surface area (Å²) >= 11 is 0. The predicted molar refractivity (Wildman–Crippen MR) is 165 cm³/mol. The number of benzene rings is 2. The summed E-state index contributed by atoms with van der Waals surface area (Å²) in [5.74, 6) is 0.982. The number of anilines is 1. The quantitative estimate of drug-likeness (QED) is 0.339. The predicted octanol–water partition coefficient (Wildman–Crippen LogP) is 5.01. The van der Waals surface area contributed by atoms with E-state index in [0.29, 0.717) is 74.3 Å². The lowest BCUT2D eigenvalue weighted by atomic mass is 9.76. The highest BCUT2D eigenvalue weighted by atomic mass is 16.5. The fourth-order valence-electron chi connectivity index (χ4n) is 6.04. The Morgan fingerprint density at radius 1 is 0.841 bits per heavy atom. The number of furan rings is 1. The van der Waals surface area contributed by atoms with Crippen LogP contribution in [-0.2, 0) is 4.79 Å². The molecule has 0 N–H and O–H groups in total. The van der Waals surface area contributed by atoms with E-state index in [4.69, 9.17) is 19.0 Å². The molecule has 1 saturated heterocycles. The molecular weight excluding hydrogens is 560 g/mol. The lowest BCUT2D eigenvalue weighted by Crippen LogP contribution is -2.50. The van der Waals surface area contributed by atoms with Gasteiger partial charge in [-0.1, -0.05) is 12.2 Å². The number of amides is 3.